The molecular weight excluding hydrogens is 550 g/mol. The lowest BCUT2D eigenvalue weighted by Gasteiger charge is -2.08. The van der Waals surface area contributed by atoms with E-state index in [2.05, 4.69) is 18.2 Å². The molecule has 0 N–H and O–H groups in total. The molecule has 9 heteroatoms. The van der Waals surface area contributed by atoms with Crippen molar-refractivity contribution in [2.75, 3.05) is 26.4 Å². The van der Waals surface area contributed by atoms with E-state index in [0.29, 0.717) is 62.0 Å². The zero-order valence-electron chi connectivity index (χ0n) is 23.9. The summed E-state index contributed by atoms with van der Waals surface area (Å²) in [4.78, 5) is 39.0. The van der Waals surface area contributed by atoms with E-state index in [9.17, 15) is 14.4 Å². The Morgan fingerprint density at radius 1 is 0.605 bits per heavy atom. The standard InChI is InChI=1S/C34H35NO8/c1-3-32(36)41-23-7-5-21-39-29-15-9-26(10-16-29)25-35-28-13-19-31(20-14-28)43-34(38)27-11-17-30(18-12-27)40-22-6-8-24-42-33(37)4-2/h3-4,9-20,25H,1-2,5-8,21-24H2/b35-25+. The zero-order valence-corrected chi connectivity index (χ0v) is 23.9. The number of hydrogen-bond donors (Lipinski definition) is 0. The van der Waals surface area contributed by atoms with E-state index in [-0.39, 0.29) is 0 Å². The maximum absolute atomic E-state index is 12.5. The van der Waals surface area contributed by atoms with Crippen molar-refractivity contribution in [3.05, 3.63) is 109 Å². The predicted molar refractivity (Wildman–Crippen MR) is 163 cm³/mol. The highest BCUT2D eigenvalue weighted by molar-refractivity contribution is 5.91. The SMILES string of the molecule is C=CC(=O)OCCCCOc1ccc(/C=N/c2ccc(OC(=O)c3ccc(OCCCCOC(=O)C=C)cc3)cc2)cc1. The van der Waals surface area contributed by atoms with Crippen molar-refractivity contribution in [3.63, 3.8) is 0 Å². The van der Waals surface area contributed by atoms with Gasteiger partial charge in [0.25, 0.3) is 0 Å². The highest BCUT2D eigenvalue weighted by atomic mass is 16.5. The van der Waals surface area contributed by atoms with Crippen molar-refractivity contribution in [2.24, 2.45) is 4.99 Å². The Bertz CT molecular complexity index is 1360. The lowest BCUT2D eigenvalue weighted by Crippen LogP contribution is -2.08. The number of carbonyl (C=O) groups is 3. The van der Waals surface area contributed by atoms with Crippen LogP contribution in [0, 0.1) is 0 Å². The summed E-state index contributed by atoms with van der Waals surface area (Å²) in [7, 11) is 0. The van der Waals surface area contributed by atoms with Gasteiger partial charge in [0, 0.05) is 18.4 Å². The van der Waals surface area contributed by atoms with Gasteiger partial charge in [0.05, 0.1) is 37.7 Å². The molecule has 3 aromatic rings. The number of esters is 3. The van der Waals surface area contributed by atoms with E-state index >= 15 is 0 Å². The van der Waals surface area contributed by atoms with Crippen LogP contribution in [0.25, 0.3) is 0 Å². The molecule has 0 radical (unpaired) electrons. The minimum absolute atomic E-state index is 0.318. The van der Waals surface area contributed by atoms with Crippen LogP contribution < -0.4 is 14.2 Å². The molecule has 9 nitrogen and oxygen atoms in total. The second-order valence-electron chi connectivity index (χ2n) is 9.09. The molecule has 0 aliphatic rings. The van der Waals surface area contributed by atoms with Crippen molar-refractivity contribution in [3.8, 4) is 17.2 Å². The number of hydrogen-bond acceptors (Lipinski definition) is 9. The molecule has 3 rings (SSSR count). The van der Waals surface area contributed by atoms with Gasteiger partial charge in [-0.1, -0.05) is 13.2 Å². The van der Waals surface area contributed by atoms with Gasteiger partial charge in [0.15, 0.2) is 0 Å². The molecule has 0 atom stereocenters. The normalized spacial score (nSPS) is 10.5. The van der Waals surface area contributed by atoms with Gasteiger partial charge >= 0.3 is 17.9 Å². The van der Waals surface area contributed by atoms with Gasteiger partial charge < -0.3 is 23.7 Å². The molecule has 3 aromatic carbocycles. The van der Waals surface area contributed by atoms with E-state index in [1.54, 1.807) is 54.7 Å². The molecule has 0 bridgehead atoms. The number of aliphatic imine (C=N–C) groups is 1. The molecular formula is C34H35NO8. The molecule has 224 valence electrons. The second kappa shape index (κ2) is 18.3. The van der Waals surface area contributed by atoms with Crippen LogP contribution in [-0.2, 0) is 19.1 Å². The third-order valence-electron chi connectivity index (χ3n) is 5.82. The van der Waals surface area contributed by atoms with Gasteiger partial charge in [-0.2, -0.15) is 0 Å². The molecule has 43 heavy (non-hydrogen) atoms. The summed E-state index contributed by atoms with van der Waals surface area (Å²) < 4.78 is 26.7. The molecule has 0 aliphatic heterocycles. The number of carbonyl (C=O) groups excluding carboxylic acids is 3. The predicted octanol–water partition coefficient (Wildman–Crippen LogP) is 6.43. The third kappa shape index (κ3) is 12.5. The van der Waals surface area contributed by atoms with E-state index in [4.69, 9.17) is 23.7 Å². The van der Waals surface area contributed by atoms with Gasteiger partial charge in [-0.3, -0.25) is 4.99 Å². The number of rotatable bonds is 18. The van der Waals surface area contributed by atoms with Crippen molar-refractivity contribution in [1.29, 1.82) is 0 Å². The topological polar surface area (TPSA) is 110 Å². The Kier molecular flexibility index (Phi) is 13.8. The molecule has 0 aromatic heterocycles. The summed E-state index contributed by atoms with van der Waals surface area (Å²) in [5, 5.41) is 0. The molecule has 0 aliphatic carbocycles. The minimum Gasteiger partial charge on any atom is -0.494 e. The van der Waals surface area contributed by atoms with Crippen LogP contribution in [0.1, 0.15) is 41.6 Å². The Morgan fingerprint density at radius 2 is 1.07 bits per heavy atom. The zero-order chi connectivity index (χ0) is 30.7. The third-order valence-corrected chi connectivity index (χ3v) is 5.82. The first-order chi connectivity index (χ1) is 21.0. The van der Waals surface area contributed by atoms with Crippen LogP contribution >= 0.6 is 0 Å². The Balaban J connectivity index is 1.37. The summed E-state index contributed by atoms with van der Waals surface area (Å²) in [6.07, 6.45) is 6.89. The lowest BCUT2D eigenvalue weighted by atomic mass is 10.2. The molecule has 0 spiro atoms. The number of benzene rings is 3. The van der Waals surface area contributed by atoms with Crippen molar-refractivity contribution in [2.45, 2.75) is 25.7 Å². The lowest BCUT2D eigenvalue weighted by molar-refractivity contribution is -0.138. The van der Waals surface area contributed by atoms with E-state index < -0.39 is 17.9 Å². The smallest absolute Gasteiger partial charge is 0.343 e. The second-order valence-corrected chi connectivity index (χ2v) is 9.09. The number of unbranched alkanes of at least 4 members (excludes halogenated alkanes) is 2. The first-order valence-electron chi connectivity index (χ1n) is 13.9. The Hall–Kier alpha value is -5.18. The first kappa shape index (κ1) is 32.3. The molecule has 0 saturated carbocycles. The fourth-order valence-corrected chi connectivity index (χ4v) is 3.50. The average Bonchev–Trinajstić information content (AvgIpc) is 3.04. The molecule has 0 unspecified atom stereocenters. The Labute approximate surface area is 251 Å². The quantitative estimate of drug-likeness (QED) is 0.0552. The van der Waals surface area contributed by atoms with E-state index in [1.165, 1.54) is 0 Å². The largest absolute Gasteiger partial charge is 0.494 e. The van der Waals surface area contributed by atoms with E-state index in [0.717, 1.165) is 36.3 Å². The summed E-state index contributed by atoms with van der Waals surface area (Å²) in [5.41, 5.74) is 2.01. The summed E-state index contributed by atoms with van der Waals surface area (Å²) in [6, 6.07) is 21.1. The van der Waals surface area contributed by atoms with Crippen LogP contribution in [-0.4, -0.2) is 50.6 Å². The van der Waals surface area contributed by atoms with Crippen molar-refractivity contribution >= 4 is 29.8 Å². The Morgan fingerprint density at radius 3 is 1.58 bits per heavy atom. The van der Waals surface area contributed by atoms with Crippen LogP contribution in [0.15, 0.2) is 103 Å². The first-order valence-corrected chi connectivity index (χ1v) is 13.9. The maximum Gasteiger partial charge on any atom is 0.343 e. The van der Waals surface area contributed by atoms with Crippen LogP contribution in [0.5, 0.6) is 17.2 Å². The van der Waals surface area contributed by atoms with Gasteiger partial charge in [-0.25, -0.2) is 14.4 Å². The monoisotopic (exact) mass is 585 g/mol. The molecule has 0 heterocycles. The van der Waals surface area contributed by atoms with Crippen molar-refractivity contribution in [1.82, 2.24) is 0 Å². The highest BCUT2D eigenvalue weighted by Crippen LogP contribution is 2.21. The molecule has 0 amide bonds. The van der Waals surface area contributed by atoms with Crippen LogP contribution in [0.3, 0.4) is 0 Å². The van der Waals surface area contributed by atoms with Crippen LogP contribution in [0.4, 0.5) is 5.69 Å². The fraction of sp³-hybridized carbons (Fsp3) is 0.235. The molecule has 0 saturated heterocycles. The highest BCUT2D eigenvalue weighted by Gasteiger charge is 2.09. The number of nitrogens with zero attached hydrogens (tertiary/aromatic N) is 1. The summed E-state index contributed by atoms with van der Waals surface area (Å²) in [5.74, 6) is 0.443. The van der Waals surface area contributed by atoms with Gasteiger partial charge in [0.2, 0.25) is 0 Å². The summed E-state index contributed by atoms with van der Waals surface area (Å²) >= 11 is 0. The average molecular weight is 586 g/mol. The number of ether oxygens (including phenoxy) is 5. The van der Waals surface area contributed by atoms with Gasteiger partial charge in [-0.15, -0.1) is 0 Å². The van der Waals surface area contributed by atoms with Gasteiger partial charge in [-0.05, 0) is 104 Å². The summed E-state index contributed by atoms with van der Waals surface area (Å²) in [6.45, 7) is 8.35. The minimum atomic E-state index is -0.481. The molecule has 0 fully saturated rings. The fourth-order valence-electron chi connectivity index (χ4n) is 3.50. The van der Waals surface area contributed by atoms with Gasteiger partial charge in [0.1, 0.15) is 17.2 Å². The van der Waals surface area contributed by atoms with Crippen LogP contribution in [0.2, 0.25) is 0 Å². The maximum atomic E-state index is 12.5. The van der Waals surface area contributed by atoms with Crippen molar-refractivity contribution < 1.29 is 38.1 Å². The van der Waals surface area contributed by atoms with E-state index in [1.807, 2.05) is 24.3 Å².